The third-order valence-electron chi connectivity index (χ3n) is 6.40. The van der Waals surface area contributed by atoms with E-state index in [1.165, 1.54) is 0 Å². The molecule has 0 amide bonds. The molecule has 4 rings (SSSR count). The van der Waals surface area contributed by atoms with Gasteiger partial charge in [-0.3, -0.25) is 9.62 Å². The summed E-state index contributed by atoms with van der Waals surface area (Å²) in [7, 11) is -0.0464. The van der Waals surface area contributed by atoms with Gasteiger partial charge in [0.2, 0.25) is 0 Å². The maximum absolute atomic E-state index is 13.1. The smallest absolute Gasteiger partial charge is 0.262 e. The van der Waals surface area contributed by atoms with Crippen LogP contribution in [0, 0.1) is 0 Å². The molecule has 3 atom stereocenters. The Bertz CT molecular complexity index is 1070. The van der Waals surface area contributed by atoms with Crippen molar-refractivity contribution in [2.45, 2.75) is 42.5 Å². The zero-order chi connectivity index (χ0) is 22.9. The molecular formula is C24H31N3O3S2. The third kappa shape index (κ3) is 4.77. The number of allylic oxidation sites excluding steroid dienone is 1. The Morgan fingerprint density at radius 3 is 2.34 bits per heavy atom. The minimum Gasteiger partial charge on any atom is -0.495 e. The van der Waals surface area contributed by atoms with Crippen molar-refractivity contribution in [1.29, 1.82) is 0 Å². The molecule has 172 valence electrons. The monoisotopic (exact) mass is 473 g/mol. The Morgan fingerprint density at radius 2 is 1.75 bits per heavy atom. The van der Waals surface area contributed by atoms with Crippen molar-refractivity contribution >= 4 is 33.2 Å². The SMILES string of the molecule is COc1ccc(N2C[C@@H](C)N(C)[C@@H](C)C2)cc1NS(=O)(=O)c1ccc(C2CC=CS2)cc1. The van der Waals surface area contributed by atoms with Crippen LogP contribution in [0.4, 0.5) is 11.4 Å². The maximum Gasteiger partial charge on any atom is 0.262 e. The molecular weight excluding hydrogens is 442 g/mol. The second kappa shape index (κ2) is 9.37. The van der Waals surface area contributed by atoms with Gasteiger partial charge in [-0.05, 0) is 68.6 Å². The van der Waals surface area contributed by atoms with Crippen molar-refractivity contribution in [1.82, 2.24) is 4.90 Å². The molecule has 0 aromatic heterocycles. The maximum atomic E-state index is 13.1. The van der Waals surface area contributed by atoms with E-state index in [9.17, 15) is 8.42 Å². The molecule has 2 aromatic carbocycles. The Labute approximate surface area is 195 Å². The van der Waals surface area contributed by atoms with E-state index in [0.29, 0.717) is 28.8 Å². The van der Waals surface area contributed by atoms with Gasteiger partial charge in [0.05, 0.1) is 17.7 Å². The summed E-state index contributed by atoms with van der Waals surface area (Å²) in [4.78, 5) is 4.91. The van der Waals surface area contributed by atoms with E-state index in [1.807, 2.05) is 30.3 Å². The highest BCUT2D eigenvalue weighted by Gasteiger charge is 2.27. The molecule has 0 radical (unpaired) electrons. The van der Waals surface area contributed by atoms with E-state index < -0.39 is 10.0 Å². The van der Waals surface area contributed by atoms with Crippen LogP contribution in [0.25, 0.3) is 0 Å². The summed E-state index contributed by atoms with van der Waals surface area (Å²) >= 11 is 1.76. The van der Waals surface area contributed by atoms with Gasteiger partial charge in [0.1, 0.15) is 5.75 Å². The molecule has 2 heterocycles. The van der Waals surface area contributed by atoms with Crippen molar-refractivity contribution in [3.8, 4) is 5.75 Å². The van der Waals surface area contributed by atoms with Crippen molar-refractivity contribution in [2.24, 2.45) is 0 Å². The number of hydrogen-bond donors (Lipinski definition) is 1. The first-order valence-corrected chi connectivity index (χ1v) is 13.3. The van der Waals surface area contributed by atoms with E-state index in [-0.39, 0.29) is 4.90 Å². The van der Waals surface area contributed by atoms with Crippen LogP contribution in [-0.4, -0.2) is 52.6 Å². The van der Waals surface area contributed by atoms with E-state index in [4.69, 9.17) is 4.74 Å². The Kier molecular flexibility index (Phi) is 6.74. The summed E-state index contributed by atoms with van der Waals surface area (Å²) in [5.41, 5.74) is 2.57. The molecule has 1 unspecified atom stereocenters. The number of methoxy groups -OCH3 is 1. The lowest BCUT2D eigenvalue weighted by Gasteiger charge is -2.43. The van der Waals surface area contributed by atoms with Crippen LogP contribution < -0.4 is 14.4 Å². The zero-order valence-corrected chi connectivity index (χ0v) is 20.6. The van der Waals surface area contributed by atoms with Gasteiger partial charge in [0.25, 0.3) is 10.0 Å². The molecule has 2 aliphatic rings. The van der Waals surface area contributed by atoms with Crippen LogP contribution in [0.5, 0.6) is 5.75 Å². The van der Waals surface area contributed by atoms with Crippen molar-refractivity contribution in [3.63, 3.8) is 0 Å². The van der Waals surface area contributed by atoms with Crippen LogP contribution in [0.2, 0.25) is 0 Å². The summed E-state index contributed by atoms with van der Waals surface area (Å²) in [6, 6.07) is 13.7. The number of rotatable bonds is 6. The summed E-state index contributed by atoms with van der Waals surface area (Å²) in [6.07, 6.45) is 3.12. The number of sulfonamides is 1. The highest BCUT2D eigenvalue weighted by molar-refractivity contribution is 8.02. The van der Waals surface area contributed by atoms with Crippen LogP contribution in [0.1, 0.15) is 31.1 Å². The number of benzene rings is 2. The van der Waals surface area contributed by atoms with Crippen molar-refractivity contribution < 1.29 is 13.2 Å². The van der Waals surface area contributed by atoms with Gasteiger partial charge >= 0.3 is 0 Å². The molecule has 2 aliphatic heterocycles. The fourth-order valence-corrected chi connectivity index (χ4v) is 6.26. The predicted octanol–water partition coefficient (Wildman–Crippen LogP) is 4.72. The van der Waals surface area contributed by atoms with Gasteiger partial charge in [-0.2, -0.15) is 0 Å². The summed E-state index contributed by atoms with van der Waals surface area (Å²) in [5, 5.41) is 2.46. The summed E-state index contributed by atoms with van der Waals surface area (Å²) in [6.45, 7) is 6.18. The Balaban J connectivity index is 1.56. The minimum absolute atomic E-state index is 0.242. The first-order chi connectivity index (χ1) is 15.3. The molecule has 0 bridgehead atoms. The molecule has 1 N–H and O–H groups in total. The highest BCUT2D eigenvalue weighted by atomic mass is 32.2. The molecule has 0 spiro atoms. The van der Waals surface area contributed by atoms with Crippen LogP contribution in [0.3, 0.4) is 0 Å². The van der Waals surface area contributed by atoms with Gasteiger partial charge < -0.3 is 9.64 Å². The molecule has 2 aromatic rings. The molecule has 0 aliphatic carbocycles. The highest BCUT2D eigenvalue weighted by Crippen LogP contribution is 2.39. The van der Waals surface area contributed by atoms with Gasteiger partial charge in [-0.25, -0.2) is 8.42 Å². The molecule has 1 saturated heterocycles. The van der Waals surface area contributed by atoms with Crippen molar-refractivity contribution in [2.75, 3.05) is 36.9 Å². The summed E-state index contributed by atoms with van der Waals surface area (Å²) < 4.78 is 34.5. The first-order valence-electron chi connectivity index (χ1n) is 10.9. The topological polar surface area (TPSA) is 61.9 Å². The Hall–Kier alpha value is -2.16. The van der Waals surface area contributed by atoms with Crippen molar-refractivity contribution in [3.05, 3.63) is 59.5 Å². The molecule has 6 nitrogen and oxygen atoms in total. The van der Waals surface area contributed by atoms with Crippen LogP contribution in [0.15, 0.2) is 58.8 Å². The van der Waals surface area contributed by atoms with E-state index in [0.717, 1.165) is 30.8 Å². The van der Waals surface area contributed by atoms with Gasteiger partial charge in [-0.1, -0.05) is 18.2 Å². The normalized spacial score (nSPS) is 24.0. The standard InChI is InChI=1S/C24H31N3O3S2/c1-17-15-27(16-18(2)26(17)3)20-9-12-23(30-4)22(14-20)25-32(28,29)21-10-7-19(8-11-21)24-6-5-13-31-24/h5,7-14,17-18,24-25H,6,15-16H2,1-4H3/t17-,18+,24?. The van der Waals surface area contributed by atoms with Gasteiger partial charge in [-0.15, -0.1) is 11.8 Å². The lowest BCUT2D eigenvalue weighted by atomic mass is 10.1. The Morgan fingerprint density at radius 1 is 1.06 bits per heavy atom. The lowest BCUT2D eigenvalue weighted by Crippen LogP contribution is -2.55. The van der Waals surface area contributed by atoms with E-state index in [2.05, 4.69) is 46.9 Å². The molecule has 32 heavy (non-hydrogen) atoms. The van der Waals surface area contributed by atoms with Crippen LogP contribution in [-0.2, 0) is 10.0 Å². The average Bonchev–Trinajstić information content (AvgIpc) is 3.32. The minimum atomic E-state index is -3.74. The average molecular weight is 474 g/mol. The number of ether oxygens (including phenoxy) is 1. The van der Waals surface area contributed by atoms with Gasteiger partial charge in [0.15, 0.2) is 0 Å². The first kappa shape index (κ1) is 23.0. The zero-order valence-electron chi connectivity index (χ0n) is 19.0. The second-order valence-corrected chi connectivity index (χ2v) is 11.4. The number of piperazine rings is 1. The quantitative estimate of drug-likeness (QED) is 0.655. The fourth-order valence-electron chi connectivity index (χ4n) is 4.25. The fraction of sp³-hybridized carbons (Fsp3) is 0.417. The summed E-state index contributed by atoms with van der Waals surface area (Å²) in [5.74, 6) is 0.498. The van der Waals surface area contributed by atoms with E-state index in [1.54, 1.807) is 31.0 Å². The van der Waals surface area contributed by atoms with Crippen LogP contribution >= 0.6 is 11.8 Å². The molecule has 0 saturated carbocycles. The largest absolute Gasteiger partial charge is 0.495 e. The number of thioether (sulfide) groups is 1. The molecule has 8 heteroatoms. The molecule has 1 fully saturated rings. The number of anilines is 2. The number of likely N-dealkylation sites (N-methyl/N-ethyl adjacent to an activating group) is 1. The third-order valence-corrected chi connectivity index (χ3v) is 8.93. The lowest BCUT2D eigenvalue weighted by molar-refractivity contribution is 0.170. The number of nitrogens with one attached hydrogen (secondary N) is 1. The van der Waals surface area contributed by atoms with E-state index >= 15 is 0 Å². The van der Waals surface area contributed by atoms with Gasteiger partial charge in [0, 0.05) is 36.1 Å². The second-order valence-electron chi connectivity index (χ2n) is 8.56. The number of nitrogens with zero attached hydrogens (tertiary/aromatic N) is 2. The number of hydrogen-bond acceptors (Lipinski definition) is 6. The predicted molar refractivity (Wildman–Crippen MR) is 133 cm³/mol.